The second-order valence-corrected chi connectivity index (χ2v) is 3.83. The normalized spacial score (nSPS) is 10.5. The Morgan fingerprint density at radius 1 is 1.00 bits per heavy atom. The van der Waals surface area contributed by atoms with Crippen LogP contribution in [-0.4, -0.2) is 24.7 Å². The van der Waals surface area contributed by atoms with E-state index in [4.69, 9.17) is 0 Å². The van der Waals surface area contributed by atoms with Gasteiger partial charge in [0, 0.05) is 31.2 Å². The van der Waals surface area contributed by atoms with E-state index in [1.807, 2.05) is 37.4 Å². The summed E-state index contributed by atoms with van der Waals surface area (Å²) >= 11 is 0. The first-order valence-electron chi connectivity index (χ1n) is 5.57. The molecule has 5 nitrogen and oxygen atoms in total. The summed E-state index contributed by atoms with van der Waals surface area (Å²) in [5, 5.41) is 4.40. The van der Waals surface area contributed by atoms with Gasteiger partial charge in [0.2, 0.25) is 0 Å². The van der Waals surface area contributed by atoms with Crippen LogP contribution in [0.5, 0.6) is 0 Å². The minimum absolute atomic E-state index is 0.681. The highest BCUT2D eigenvalue weighted by molar-refractivity contribution is 5.58. The second-order valence-electron chi connectivity index (χ2n) is 3.83. The molecule has 0 aromatic carbocycles. The van der Waals surface area contributed by atoms with E-state index >= 15 is 0 Å². The Morgan fingerprint density at radius 2 is 1.83 bits per heavy atom. The fourth-order valence-corrected chi connectivity index (χ4v) is 1.73. The fraction of sp³-hybridized carbons (Fsp3) is 0.0769. The summed E-state index contributed by atoms with van der Waals surface area (Å²) in [5.74, 6) is 1.43. The summed E-state index contributed by atoms with van der Waals surface area (Å²) in [5.41, 5.74) is 1.76. The van der Waals surface area contributed by atoms with Gasteiger partial charge in [-0.05, 0) is 24.3 Å². The van der Waals surface area contributed by atoms with Gasteiger partial charge in [0.05, 0.1) is 0 Å². The van der Waals surface area contributed by atoms with Crippen molar-refractivity contribution in [1.29, 1.82) is 0 Å². The van der Waals surface area contributed by atoms with Gasteiger partial charge in [-0.3, -0.25) is 9.97 Å². The number of aromatic nitrogens is 5. The molecule has 5 heteroatoms. The highest BCUT2D eigenvalue weighted by Crippen LogP contribution is 2.19. The molecule has 0 N–H and O–H groups in total. The Hall–Kier alpha value is -2.56. The molecule has 0 amide bonds. The zero-order valence-corrected chi connectivity index (χ0v) is 9.85. The number of nitrogens with zero attached hydrogens (tertiary/aromatic N) is 5. The van der Waals surface area contributed by atoms with Crippen molar-refractivity contribution in [2.75, 3.05) is 0 Å². The fourth-order valence-electron chi connectivity index (χ4n) is 1.73. The van der Waals surface area contributed by atoms with Gasteiger partial charge in [-0.25, -0.2) is 9.67 Å². The molecule has 0 aliphatic rings. The molecule has 0 atom stereocenters. The molecule has 88 valence electrons. The predicted molar refractivity (Wildman–Crippen MR) is 67.5 cm³/mol. The van der Waals surface area contributed by atoms with E-state index in [0.29, 0.717) is 5.82 Å². The molecule has 3 aromatic rings. The first-order chi connectivity index (χ1) is 8.84. The van der Waals surface area contributed by atoms with Crippen molar-refractivity contribution in [3.63, 3.8) is 0 Å². The molecule has 0 aliphatic carbocycles. The average Bonchev–Trinajstić information content (AvgIpc) is 2.83. The molecule has 3 aromatic heterocycles. The Bertz CT molecular complexity index is 646. The monoisotopic (exact) mass is 237 g/mol. The molecule has 0 fully saturated rings. The second kappa shape index (κ2) is 4.37. The molecule has 3 heterocycles. The van der Waals surface area contributed by atoms with Crippen LogP contribution in [0.2, 0.25) is 0 Å². The van der Waals surface area contributed by atoms with Crippen molar-refractivity contribution < 1.29 is 0 Å². The summed E-state index contributed by atoms with van der Waals surface area (Å²) in [6, 6.07) is 9.50. The molecular weight excluding hydrogens is 226 g/mol. The van der Waals surface area contributed by atoms with Crippen LogP contribution >= 0.6 is 0 Å². The lowest BCUT2D eigenvalue weighted by Crippen LogP contribution is -1.95. The van der Waals surface area contributed by atoms with Crippen molar-refractivity contribution in [3.05, 3.63) is 48.9 Å². The number of aryl methyl sites for hydroxylation is 1. The van der Waals surface area contributed by atoms with Crippen LogP contribution in [-0.2, 0) is 7.05 Å². The smallest absolute Gasteiger partial charge is 0.181 e. The molecule has 0 unspecified atom stereocenters. The van der Waals surface area contributed by atoms with Gasteiger partial charge >= 0.3 is 0 Å². The number of hydrogen-bond donors (Lipinski definition) is 0. The van der Waals surface area contributed by atoms with Crippen LogP contribution < -0.4 is 0 Å². The zero-order valence-electron chi connectivity index (χ0n) is 9.85. The summed E-state index contributed by atoms with van der Waals surface area (Å²) in [6.45, 7) is 0. The van der Waals surface area contributed by atoms with Gasteiger partial charge < -0.3 is 0 Å². The van der Waals surface area contributed by atoms with E-state index in [9.17, 15) is 0 Å². The van der Waals surface area contributed by atoms with Crippen LogP contribution in [0.1, 0.15) is 0 Å². The van der Waals surface area contributed by atoms with E-state index in [0.717, 1.165) is 17.1 Å². The molecule has 0 aliphatic heterocycles. The molecule has 18 heavy (non-hydrogen) atoms. The van der Waals surface area contributed by atoms with Gasteiger partial charge in [0.1, 0.15) is 5.69 Å². The molecule has 0 saturated carbocycles. The van der Waals surface area contributed by atoms with E-state index in [2.05, 4.69) is 20.1 Å². The standard InChI is InChI=1S/C13H11N5/c1-18-13(11-4-2-3-7-15-11)16-12(17-18)10-5-8-14-9-6-10/h2-9H,1H3. The van der Waals surface area contributed by atoms with E-state index < -0.39 is 0 Å². The molecule has 0 radical (unpaired) electrons. The Morgan fingerprint density at radius 3 is 2.56 bits per heavy atom. The van der Waals surface area contributed by atoms with Crippen molar-refractivity contribution in [2.45, 2.75) is 0 Å². The third-order valence-corrected chi connectivity index (χ3v) is 2.60. The van der Waals surface area contributed by atoms with E-state index in [-0.39, 0.29) is 0 Å². The Kier molecular flexibility index (Phi) is 2.57. The molecular formula is C13H11N5. The minimum atomic E-state index is 0.681. The van der Waals surface area contributed by atoms with Crippen molar-refractivity contribution >= 4 is 0 Å². The lowest BCUT2D eigenvalue weighted by atomic mass is 10.2. The van der Waals surface area contributed by atoms with Crippen LogP contribution in [0.3, 0.4) is 0 Å². The molecule has 3 rings (SSSR count). The first kappa shape index (κ1) is 10.6. The van der Waals surface area contributed by atoms with Gasteiger partial charge in [0.15, 0.2) is 11.6 Å². The van der Waals surface area contributed by atoms with Crippen LogP contribution in [0, 0.1) is 0 Å². The predicted octanol–water partition coefficient (Wildman–Crippen LogP) is 1.94. The number of pyridine rings is 2. The van der Waals surface area contributed by atoms with Crippen LogP contribution in [0.4, 0.5) is 0 Å². The summed E-state index contributed by atoms with van der Waals surface area (Å²) in [4.78, 5) is 12.8. The number of rotatable bonds is 2. The van der Waals surface area contributed by atoms with Gasteiger partial charge in [-0.15, -0.1) is 0 Å². The van der Waals surface area contributed by atoms with Crippen LogP contribution in [0.15, 0.2) is 48.9 Å². The molecule has 0 saturated heterocycles. The average molecular weight is 237 g/mol. The maximum Gasteiger partial charge on any atom is 0.181 e. The zero-order chi connectivity index (χ0) is 12.4. The maximum atomic E-state index is 4.51. The summed E-state index contributed by atoms with van der Waals surface area (Å²) < 4.78 is 1.73. The molecule has 0 spiro atoms. The van der Waals surface area contributed by atoms with E-state index in [1.165, 1.54) is 0 Å². The van der Waals surface area contributed by atoms with Crippen molar-refractivity contribution in [2.24, 2.45) is 7.05 Å². The minimum Gasteiger partial charge on any atom is -0.265 e. The highest BCUT2D eigenvalue weighted by Gasteiger charge is 2.11. The van der Waals surface area contributed by atoms with E-state index in [1.54, 1.807) is 23.3 Å². The lowest BCUT2D eigenvalue weighted by molar-refractivity contribution is 0.774. The Labute approximate surface area is 104 Å². The topological polar surface area (TPSA) is 56.5 Å². The Balaban J connectivity index is 2.07. The SMILES string of the molecule is Cn1nc(-c2ccncc2)nc1-c1ccccn1. The van der Waals surface area contributed by atoms with Gasteiger partial charge in [-0.2, -0.15) is 5.10 Å². The van der Waals surface area contributed by atoms with Gasteiger partial charge in [0.25, 0.3) is 0 Å². The van der Waals surface area contributed by atoms with Crippen LogP contribution in [0.25, 0.3) is 22.9 Å². The third-order valence-electron chi connectivity index (χ3n) is 2.60. The molecule has 0 bridgehead atoms. The number of hydrogen-bond acceptors (Lipinski definition) is 4. The van der Waals surface area contributed by atoms with Crippen molar-refractivity contribution in [1.82, 2.24) is 24.7 Å². The summed E-state index contributed by atoms with van der Waals surface area (Å²) in [7, 11) is 1.86. The summed E-state index contributed by atoms with van der Waals surface area (Å²) in [6.07, 6.45) is 5.20. The maximum absolute atomic E-state index is 4.51. The first-order valence-corrected chi connectivity index (χ1v) is 5.57. The highest BCUT2D eigenvalue weighted by atomic mass is 15.3. The lowest BCUT2D eigenvalue weighted by Gasteiger charge is -1.96. The quantitative estimate of drug-likeness (QED) is 0.683. The van der Waals surface area contributed by atoms with Gasteiger partial charge in [-0.1, -0.05) is 6.07 Å². The van der Waals surface area contributed by atoms with Crippen molar-refractivity contribution in [3.8, 4) is 22.9 Å². The third kappa shape index (κ3) is 1.86. The largest absolute Gasteiger partial charge is 0.265 e.